The lowest BCUT2D eigenvalue weighted by molar-refractivity contribution is -0.157. The van der Waals surface area contributed by atoms with Gasteiger partial charge in [0.05, 0.1) is 18.1 Å². The van der Waals surface area contributed by atoms with Crippen molar-refractivity contribution in [3.05, 3.63) is 34.9 Å². The smallest absolute Gasteiger partial charge is 0.245 e. The van der Waals surface area contributed by atoms with Gasteiger partial charge in [-0.3, -0.25) is 9.59 Å². The molecule has 2 aliphatic heterocycles. The number of ether oxygens (including phenoxy) is 1. The van der Waals surface area contributed by atoms with Crippen LogP contribution in [0.5, 0.6) is 0 Å². The van der Waals surface area contributed by atoms with E-state index in [0.717, 1.165) is 5.56 Å². The Morgan fingerprint density at radius 3 is 2.47 bits per heavy atom. The van der Waals surface area contributed by atoms with Crippen LogP contribution in [0.25, 0.3) is 0 Å². The maximum atomic E-state index is 13.4. The van der Waals surface area contributed by atoms with E-state index in [-0.39, 0.29) is 23.7 Å². The van der Waals surface area contributed by atoms with E-state index < -0.39 is 17.1 Å². The Kier molecular flexibility index (Phi) is 6.80. The Morgan fingerprint density at radius 1 is 1.27 bits per heavy atom. The van der Waals surface area contributed by atoms with E-state index in [2.05, 4.69) is 5.32 Å². The molecule has 3 rings (SSSR count). The van der Waals surface area contributed by atoms with Crippen molar-refractivity contribution in [3.63, 3.8) is 0 Å². The van der Waals surface area contributed by atoms with Crippen molar-refractivity contribution in [3.8, 4) is 0 Å². The van der Waals surface area contributed by atoms with Crippen LogP contribution in [0.2, 0.25) is 5.02 Å². The van der Waals surface area contributed by atoms with Crippen molar-refractivity contribution in [2.45, 2.75) is 52.2 Å². The highest BCUT2D eigenvalue weighted by Gasteiger charge is 2.50. The van der Waals surface area contributed by atoms with Gasteiger partial charge in [0.25, 0.3) is 0 Å². The highest BCUT2D eigenvalue weighted by Crippen LogP contribution is 2.46. The first-order chi connectivity index (χ1) is 14.0. The summed E-state index contributed by atoms with van der Waals surface area (Å²) in [6, 6.07) is 6.67. The van der Waals surface area contributed by atoms with Gasteiger partial charge in [-0.25, -0.2) is 0 Å². The third kappa shape index (κ3) is 4.51. The van der Waals surface area contributed by atoms with Gasteiger partial charge in [-0.1, -0.05) is 51.4 Å². The van der Waals surface area contributed by atoms with Crippen LogP contribution >= 0.6 is 11.6 Å². The molecule has 0 aromatic heterocycles. The largest absolute Gasteiger partial charge is 0.384 e. The molecule has 1 aromatic rings. The highest BCUT2D eigenvalue weighted by atomic mass is 35.5. The molecule has 1 unspecified atom stereocenters. The fourth-order valence-corrected chi connectivity index (χ4v) is 4.62. The maximum Gasteiger partial charge on any atom is 0.245 e. The average molecular weight is 437 g/mol. The second-order valence-electron chi connectivity index (χ2n) is 9.55. The number of carbonyl (C=O) groups is 2. The first kappa shape index (κ1) is 23.0. The first-order valence-electron chi connectivity index (χ1n) is 10.7. The molecular formula is C23H33ClN2O4. The van der Waals surface area contributed by atoms with Crippen LogP contribution in [0.15, 0.2) is 24.3 Å². The van der Waals surface area contributed by atoms with Crippen LogP contribution in [0.4, 0.5) is 0 Å². The lowest BCUT2D eigenvalue weighted by Gasteiger charge is -2.51. The van der Waals surface area contributed by atoms with Gasteiger partial charge in [-0.05, 0) is 36.5 Å². The van der Waals surface area contributed by atoms with Crippen LogP contribution in [-0.2, 0) is 19.9 Å². The molecule has 6 nitrogen and oxygen atoms in total. The quantitative estimate of drug-likeness (QED) is 0.743. The molecule has 30 heavy (non-hydrogen) atoms. The van der Waals surface area contributed by atoms with E-state index in [1.807, 2.05) is 39.8 Å². The summed E-state index contributed by atoms with van der Waals surface area (Å²) in [6.07, 6.45) is 1.11. The second-order valence-corrected chi connectivity index (χ2v) is 9.99. The average Bonchev–Trinajstić information content (AvgIpc) is 3.22. The van der Waals surface area contributed by atoms with Gasteiger partial charge < -0.3 is 20.1 Å². The number of carbonyl (C=O) groups excluding carboxylic acids is 2. The molecule has 2 fully saturated rings. The van der Waals surface area contributed by atoms with Crippen molar-refractivity contribution in [2.24, 2.45) is 17.3 Å². The molecule has 7 heteroatoms. The first-order valence-corrected chi connectivity index (χ1v) is 11.1. The number of piperidine rings is 1. The van der Waals surface area contributed by atoms with Gasteiger partial charge in [0.1, 0.15) is 6.04 Å². The van der Waals surface area contributed by atoms with Crippen LogP contribution in [0, 0.1) is 17.3 Å². The molecular weight excluding hydrogens is 404 g/mol. The highest BCUT2D eigenvalue weighted by molar-refractivity contribution is 6.30. The summed E-state index contributed by atoms with van der Waals surface area (Å²) in [5, 5.41) is 15.1. The van der Waals surface area contributed by atoms with Gasteiger partial charge in [-0.15, -0.1) is 0 Å². The Morgan fingerprint density at radius 2 is 1.93 bits per heavy atom. The van der Waals surface area contributed by atoms with Gasteiger partial charge >= 0.3 is 0 Å². The predicted molar refractivity (Wildman–Crippen MR) is 116 cm³/mol. The maximum absolute atomic E-state index is 13.4. The fraction of sp³-hybridized carbons (Fsp3) is 0.652. The Hall–Kier alpha value is -1.63. The number of likely N-dealkylation sites (tertiary alicyclic amines) is 1. The zero-order valence-corrected chi connectivity index (χ0v) is 19.0. The summed E-state index contributed by atoms with van der Waals surface area (Å²) in [7, 11) is 0. The van der Waals surface area contributed by atoms with Crippen LogP contribution in [0.1, 0.15) is 46.1 Å². The minimum absolute atomic E-state index is 0.0380. The molecule has 2 amide bonds. The van der Waals surface area contributed by atoms with Gasteiger partial charge in [0.15, 0.2) is 0 Å². The number of hydrogen-bond acceptors (Lipinski definition) is 4. The summed E-state index contributed by atoms with van der Waals surface area (Å²) >= 11 is 6.01. The number of benzene rings is 1. The standard InChI is InChI=1S/C23H33ClN2O4/c1-15(2)19(25-20(27)16-9-12-30-13-16)21(28)26-11-10-23(29,22(3,4)14-26)17-5-7-18(24)8-6-17/h5-8,15-16,19,29H,9-14H2,1-4H3,(H,25,27)/t16?,19-,23+/m1/s1. The molecule has 1 aromatic carbocycles. The second kappa shape index (κ2) is 8.85. The zero-order chi connectivity index (χ0) is 22.1. The molecule has 3 atom stereocenters. The number of nitrogens with zero attached hydrogens (tertiary/aromatic N) is 1. The normalized spacial score (nSPS) is 27.2. The summed E-state index contributed by atoms with van der Waals surface area (Å²) in [5.41, 5.74) is -0.829. The van der Waals surface area contributed by atoms with E-state index in [0.29, 0.717) is 44.2 Å². The monoisotopic (exact) mass is 436 g/mol. The van der Waals surface area contributed by atoms with Gasteiger partial charge in [0.2, 0.25) is 11.8 Å². The summed E-state index contributed by atoms with van der Waals surface area (Å²) in [4.78, 5) is 27.7. The van der Waals surface area contributed by atoms with E-state index >= 15 is 0 Å². The minimum atomic E-state index is -1.06. The van der Waals surface area contributed by atoms with Crippen molar-refractivity contribution >= 4 is 23.4 Å². The molecule has 166 valence electrons. The van der Waals surface area contributed by atoms with E-state index in [9.17, 15) is 14.7 Å². The van der Waals surface area contributed by atoms with E-state index in [4.69, 9.17) is 16.3 Å². The Balaban J connectivity index is 1.73. The number of rotatable bonds is 5. The summed E-state index contributed by atoms with van der Waals surface area (Å²) < 4.78 is 5.30. The van der Waals surface area contributed by atoms with Gasteiger partial charge in [-0.2, -0.15) is 0 Å². The topological polar surface area (TPSA) is 78.9 Å². The number of hydrogen-bond donors (Lipinski definition) is 2. The number of halogens is 1. The lowest BCUT2D eigenvalue weighted by atomic mass is 9.66. The molecule has 2 heterocycles. The SMILES string of the molecule is CC(C)[C@@H](NC(=O)C1CCOC1)C(=O)N1CC[C@](O)(c2ccc(Cl)cc2)C(C)(C)C1. The molecule has 0 radical (unpaired) electrons. The minimum Gasteiger partial charge on any atom is -0.384 e. The van der Waals surface area contributed by atoms with Crippen molar-refractivity contribution in [2.75, 3.05) is 26.3 Å². The zero-order valence-electron chi connectivity index (χ0n) is 18.3. The summed E-state index contributed by atoms with van der Waals surface area (Å²) in [6.45, 7) is 9.64. The Bertz CT molecular complexity index is 774. The van der Waals surface area contributed by atoms with Crippen molar-refractivity contribution in [1.29, 1.82) is 0 Å². The van der Waals surface area contributed by atoms with Crippen molar-refractivity contribution < 1.29 is 19.4 Å². The van der Waals surface area contributed by atoms with E-state index in [1.54, 1.807) is 17.0 Å². The van der Waals surface area contributed by atoms with Gasteiger partial charge in [0, 0.05) is 30.1 Å². The molecule has 0 spiro atoms. The van der Waals surface area contributed by atoms with Crippen molar-refractivity contribution in [1.82, 2.24) is 10.2 Å². The van der Waals surface area contributed by atoms with Crippen LogP contribution in [-0.4, -0.2) is 54.2 Å². The third-order valence-corrected chi connectivity index (χ3v) is 6.87. The fourth-order valence-electron chi connectivity index (χ4n) is 4.49. The van der Waals surface area contributed by atoms with Crippen LogP contribution in [0.3, 0.4) is 0 Å². The molecule has 2 aliphatic rings. The summed E-state index contributed by atoms with van der Waals surface area (Å²) in [5.74, 6) is -0.437. The molecule has 0 bridgehead atoms. The molecule has 2 N–H and O–H groups in total. The molecule has 0 aliphatic carbocycles. The molecule has 0 saturated carbocycles. The lowest BCUT2D eigenvalue weighted by Crippen LogP contribution is -2.60. The number of amides is 2. The van der Waals surface area contributed by atoms with E-state index in [1.165, 1.54) is 0 Å². The third-order valence-electron chi connectivity index (χ3n) is 6.61. The predicted octanol–water partition coefficient (Wildman–Crippen LogP) is 2.96. The van der Waals surface area contributed by atoms with Crippen LogP contribution < -0.4 is 5.32 Å². The number of aliphatic hydroxyl groups is 1. The molecule has 2 saturated heterocycles. The Labute approximate surface area is 183 Å². The number of nitrogens with one attached hydrogen (secondary N) is 1.